The summed E-state index contributed by atoms with van der Waals surface area (Å²) in [7, 11) is 0. The topological polar surface area (TPSA) is 113 Å². The van der Waals surface area contributed by atoms with Crippen LogP contribution in [0.15, 0.2) is 82.8 Å². The van der Waals surface area contributed by atoms with Crippen LogP contribution in [0.4, 0.5) is 10.5 Å². The molecule has 1 aliphatic rings. The number of halogens is 1. The van der Waals surface area contributed by atoms with E-state index in [-0.39, 0.29) is 17.7 Å². The first-order chi connectivity index (χ1) is 16.3. The zero-order valence-electron chi connectivity index (χ0n) is 17.5. The highest BCUT2D eigenvalue weighted by atomic mass is 79.9. The lowest BCUT2D eigenvalue weighted by atomic mass is 10.1. The SMILES string of the molecule is O=C1NC(=O)N(c2ccc(Br)cc2)C(=O)/C1=C/c1ccc(OCc2ccc(C(=O)O)cc2)cc1. The number of aromatic carboxylic acids is 1. The van der Waals surface area contributed by atoms with Crippen molar-refractivity contribution in [3.8, 4) is 5.75 Å². The van der Waals surface area contributed by atoms with E-state index in [4.69, 9.17) is 9.84 Å². The molecule has 1 fully saturated rings. The number of barbiturate groups is 1. The Morgan fingerprint density at radius 3 is 2.21 bits per heavy atom. The average Bonchev–Trinajstić information content (AvgIpc) is 2.82. The van der Waals surface area contributed by atoms with E-state index >= 15 is 0 Å². The predicted molar refractivity (Wildman–Crippen MR) is 127 cm³/mol. The van der Waals surface area contributed by atoms with Crippen molar-refractivity contribution in [3.05, 3.63) is 99.5 Å². The molecular formula is C25H17BrN2O6. The summed E-state index contributed by atoms with van der Waals surface area (Å²) in [5, 5.41) is 11.1. The summed E-state index contributed by atoms with van der Waals surface area (Å²) in [6.45, 7) is 0.242. The average molecular weight is 521 g/mol. The van der Waals surface area contributed by atoms with Crippen molar-refractivity contribution in [1.29, 1.82) is 0 Å². The van der Waals surface area contributed by atoms with Crippen molar-refractivity contribution < 1.29 is 29.0 Å². The highest BCUT2D eigenvalue weighted by molar-refractivity contribution is 9.10. The minimum absolute atomic E-state index is 0.172. The lowest BCUT2D eigenvalue weighted by molar-refractivity contribution is -0.122. The normalized spacial score (nSPS) is 14.8. The van der Waals surface area contributed by atoms with E-state index in [9.17, 15) is 19.2 Å². The molecule has 4 amide bonds. The fourth-order valence-electron chi connectivity index (χ4n) is 3.22. The Balaban J connectivity index is 1.47. The molecule has 0 unspecified atom stereocenters. The number of imide groups is 2. The van der Waals surface area contributed by atoms with Gasteiger partial charge in [0.2, 0.25) is 0 Å². The molecule has 1 heterocycles. The number of hydrogen-bond acceptors (Lipinski definition) is 5. The summed E-state index contributed by atoms with van der Waals surface area (Å²) in [5.74, 6) is -1.93. The maximum absolute atomic E-state index is 12.9. The number of nitrogens with one attached hydrogen (secondary N) is 1. The predicted octanol–water partition coefficient (Wildman–Crippen LogP) is 4.39. The van der Waals surface area contributed by atoms with Gasteiger partial charge in [0.25, 0.3) is 11.8 Å². The summed E-state index contributed by atoms with van der Waals surface area (Å²) >= 11 is 3.30. The van der Waals surface area contributed by atoms with Gasteiger partial charge in [-0.1, -0.05) is 40.2 Å². The Labute approximate surface area is 202 Å². The summed E-state index contributed by atoms with van der Waals surface area (Å²) < 4.78 is 6.49. The van der Waals surface area contributed by atoms with Crippen LogP contribution < -0.4 is 15.0 Å². The van der Waals surface area contributed by atoms with E-state index in [0.29, 0.717) is 17.0 Å². The van der Waals surface area contributed by atoms with E-state index in [2.05, 4.69) is 21.2 Å². The van der Waals surface area contributed by atoms with Crippen LogP contribution in [-0.2, 0) is 16.2 Å². The minimum atomic E-state index is -0.994. The van der Waals surface area contributed by atoms with Crippen LogP contribution in [0.5, 0.6) is 5.75 Å². The monoisotopic (exact) mass is 520 g/mol. The van der Waals surface area contributed by atoms with Crippen LogP contribution in [0.2, 0.25) is 0 Å². The van der Waals surface area contributed by atoms with Crippen LogP contribution in [0, 0.1) is 0 Å². The van der Waals surface area contributed by atoms with Gasteiger partial charge in [-0.3, -0.25) is 14.9 Å². The highest BCUT2D eigenvalue weighted by Gasteiger charge is 2.36. The first-order valence-corrected chi connectivity index (χ1v) is 10.8. The number of carbonyl (C=O) groups is 4. The molecule has 2 N–H and O–H groups in total. The minimum Gasteiger partial charge on any atom is -0.489 e. The van der Waals surface area contributed by atoms with Gasteiger partial charge in [0.15, 0.2) is 0 Å². The van der Waals surface area contributed by atoms with E-state index in [1.807, 2.05) is 0 Å². The Morgan fingerprint density at radius 2 is 1.59 bits per heavy atom. The van der Waals surface area contributed by atoms with E-state index < -0.39 is 23.8 Å². The molecule has 9 heteroatoms. The third-order valence-corrected chi connectivity index (χ3v) is 5.51. The van der Waals surface area contributed by atoms with Gasteiger partial charge in [0, 0.05) is 4.47 Å². The molecule has 0 aliphatic carbocycles. The van der Waals surface area contributed by atoms with Gasteiger partial charge in [-0.2, -0.15) is 0 Å². The number of ether oxygens (including phenoxy) is 1. The summed E-state index contributed by atoms with van der Waals surface area (Å²) in [6, 6.07) is 18.8. The van der Waals surface area contributed by atoms with Gasteiger partial charge in [-0.05, 0) is 65.7 Å². The van der Waals surface area contributed by atoms with Crippen molar-refractivity contribution in [2.24, 2.45) is 0 Å². The number of carbonyl (C=O) groups excluding carboxylic acids is 3. The number of nitrogens with zero attached hydrogens (tertiary/aromatic N) is 1. The molecule has 0 aromatic heterocycles. The molecule has 0 spiro atoms. The van der Waals surface area contributed by atoms with Crippen molar-refractivity contribution in [2.75, 3.05) is 4.90 Å². The Morgan fingerprint density at radius 1 is 0.941 bits per heavy atom. The van der Waals surface area contributed by atoms with Crippen LogP contribution in [0.25, 0.3) is 6.08 Å². The largest absolute Gasteiger partial charge is 0.489 e. The maximum Gasteiger partial charge on any atom is 0.335 e. The number of carboxylic acids is 1. The summed E-state index contributed by atoms with van der Waals surface area (Å²) in [6.07, 6.45) is 1.41. The lowest BCUT2D eigenvalue weighted by Crippen LogP contribution is -2.54. The van der Waals surface area contributed by atoms with Crippen LogP contribution in [0.1, 0.15) is 21.5 Å². The van der Waals surface area contributed by atoms with E-state index in [1.165, 1.54) is 18.2 Å². The fourth-order valence-corrected chi connectivity index (χ4v) is 3.48. The van der Waals surface area contributed by atoms with Gasteiger partial charge in [0.05, 0.1) is 11.3 Å². The summed E-state index contributed by atoms with van der Waals surface area (Å²) in [4.78, 5) is 49.4. The van der Waals surface area contributed by atoms with E-state index in [1.54, 1.807) is 60.7 Å². The zero-order valence-corrected chi connectivity index (χ0v) is 19.1. The smallest absolute Gasteiger partial charge is 0.335 e. The third-order valence-electron chi connectivity index (χ3n) is 4.98. The highest BCUT2D eigenvalue weighted by Crippen LogP contribution is 2.24. The zero-order chi connectivity index (χ0) is 24.2. The quantitative estimate of drug-likeness (QED) is 0.368. The second-order valence-corrected chi connectivity index (χ2v) is 8.21. The first kappa shape index (κ1) is 22.9. The number of amides is 4. The molecular weight excluding hydrogens is 504 g/mol. The van der Waals surface area contributed by atoms with Gasteiger partial charge in [-0.15, -0.1) is 0 Å². The standard InChI is InChI=1S/C25H17BrN2O6/c26-18-7-9-19(10-8-18)28-23(30)21(22(29)27-25(28)33)13-15-3-11-20(12-4-15)34-14-16-1-5-17(6-2-16)24(31)32/h1-13H,14H2,(H,31,32)(H,27,29,33)/b21-13+. The molecule has 1 saturated heterocycles. The van der Waals surface area contributed by atoms with Crippen LogP contribution in [0.3, 0.4) is 0 Å². The molecule has 0 radical (unpaired) electrons. The van der Waals surface area contributed by atoms with Crippen molar-refractivity contribution in [3.63, 3.8) is 0 Å². The molecule has 0 atom stereocenters. The number of rotatable bonds is 6. The maximum atomic E-state index is 12.9. The first-order valence-electron chi connectivity index (χ1n) is 10.0. The second-order valence-electron chi connectivity index (χ2n) is 7.29. The third kappa shape index (κ3) is 5.05. The molecule has 0 bridgehead atoms. The number of anilines is 1. The molecule has 1 aliphatic heterocycles. The molecule has 4 rings (SSSR count). The number of benzene rings is 3. The number of carboxylic acid groups (broad SMARTS) is 1. The molecule has 3 aromatic carbocycles. The fraction of sp³-hybridized carbons (Fsp3) is 0.0400. The Kier molecular flexibility index (Phi) is 6.55. The van der Waals surface area contributed by atoms with Gasteiger partial charge >= 0.3 is 12.0 Å². The summed E-state index contributed by atoms with van der Waals surface area (Å²) in [5.41, 5.74) is 1.74. The van der Waals surface area contributed by atoms with E-state index in [0.717, 1.165) is 14.9 Å². The van der Waals surface area contributed by atoms with Gasteiger partial charge in [-0.25, -0.2) is 14.5 Å². The molecule has 3 aromatic rings. The molecule has 170 valence electrons. The Hall–Kier alpha value is -4.24. The number of urea groups is 1. The van der Waals surface area contributed by atoms with Gasteiger partial charge < -0.3 is 9.84 Å². The molecule has 8 nitrogen and oxygen atoms in total. The lowest BCUT2D eigenvalue weighted by Gasteiger charge is -2.26. The van der Waals surface area contributed by atoms with Crippen LogP contribution >= 0.6 is 15.9 Å². The van der Waals surface area contributed by atoms with Crippen molar-refractivity contribution in [1.82, 2.24) is 5.32 Å². The molecule has 34 heavy (non-hydrogen) atoms. The molecule has 0 saturated carbocycles. The Bertz CT molecular complexity index is 1300. The van der Waals surface area contributed by atoms with Crippen molar-refractivity contribution >= 4 is 51.5 Å². The van der Waals surface area contributed by atoms with Gasteiger partial charge in [0.1, 0.15) is 17.9 Å². The van der Waals surface area contributed by atoms with Crippen LogP contribution in [-0.4, -0.2) is 28.9 Å². The second kappa shape index (κ2) is 9.72. The number of hydrogen-bond donors (Lipinski definition) is 2. The van der Waals surface area contributed by atoms with Crippen molar-refractivity contribution in [2.45, 2.75) is 6.61 Å².